The minimum absolute atomic E-state index is 0.198. The summed E-state index contributed by atoms with van der Waals surface area (Å²) in [7, 11) is 0. The van der Waals surface area contributed by atoms with Crippen molar-refractivity contribution in [1.29, 1.82) is 0 Å². The maximum absolute atomic E-state index is 11.6. The van der Waals surface area contributed by atoms with Gasteiger partial charge in [0.05, 0.1) is 0 Å². The van der Waals surface area contributed by atoms with Crippen molar-refractivity contribution in [3.63, 3.8) is 0 Å². The average molecular weight is 247 g/mol. The number of rotatable bonds is 3. The number of hydrogen-bond donors (Lipinski definition) is 2. The van der Waals surface area contributed by atoms with Gasteiger partial charge in [-0.3, -0.25) is 19.9 Å². The molecule has 0 aliphatic carbocycles. The fraction of sp³-hybridized carbons (Fsp3) is 0.462. The Morgan fingerprint density at radius 1 is 1.44 bits per heavy atom. The van der Waals surface area contributed by atoms with Gasteiger partial charge in [0.1, 0.15) is 6.04 Å². The maximum Gasteiger partial charge on any atom is 0.249 e. The van der Waals surface area contributed by atoms with E-state index < -0.39 is 0 Å². The van der Waals surface area contributed by atoms with Crippen molar-refractivity contribution in [3.8, 4) is 0 Å². The monoisotopic (exact) mass is 247 g/mol. The van der Waals surface area contributed by atoms with Gasteiger partial charge >= 0.3 is 0 Å². The first-order chi connectivity index (χ1) is 8.56. The number of nitrogens with zero attached hydrogens (tertiary/aromatic N) is 1. The van der Waals surface area contributed by atoms with Gasteiger partial charge in [0.15, 0.2) is 0 Å². The molecule has 1 saturated heterocycles. The average Bonchev–Trinajstić information content (AvgIpc) is 2.33. The van der Waals surface area contributed by atoms with Crippen LogP contribution in [0.15, 0.2) is 18.3 Å². The van der Waals surface area contributed by atoms with Crippen LogP contribution in [-0.2, 0) is 9.59 Å². The number of amides is 2. The van der Waals surface area contributed by atoms with Crippen molar-refractivity contribution >= 4 is 17.5 Å². The lowest BCUT2D eigenvalue weighted by Crippen LogP contribution is -2.47. The van der Waals surface area contributed by atoms with E-state index >= 15 is 0 Å². The number of imide groups is 1. The topological polar surface area (TPSA) is 71.1 Å². The number of hydrogen-bond acceptors (Lipinski definition) is 4. The molecule has 1 aromatic rings. The second kappa shape index (κ2) is 5.16. The van der Waals surface area contributed by atoms with Crippen LogP contribution in [0.25, 0.3) is 0 Å². The molecule has 1 atom stereocenters. The molecule has 2 rings (SSSR count). The molecule has 1 aliphatic heterocycles. The van der Waals surface area contributed by atoms with Gasteiger partial charge < -0.3 is 5.32 Å². The van der Waals surface area contributed by atoms with E-state index in [0.717, 1.165) is 11.4 Å². The Hall–Kier alpha value is -1.91. The van der Waals surface area contributed by atoms with Gasteiger partial charge in [-0.2, -0.15) is 0 Å². The van der Waals surface area contributed by atoms with Gasteiger partial charge in [0, 0.05) is 24.0 Å². The smallest absolute Gasteiger partial charge is 0.249 e. The van der Waals surface area contributed by atoms with Crippen LogP contribution >= 0.6 is 0 Å². The summed E-state index contributed by atoms with van der Waals surface area (Å²) >= 11 is 0. The summed E-state index contributed by atoms with van der Waals surface area (Å²) in [6.07, 6.45) is 2.64. The van der Waals surface area contributed by atoms with Crippen LogP contribution in [0, 0.1) is 0 Å². The third-order valence-electron chi connectivity index (χ3n) is 2.95. The minimum atomic E-state index is -0.342. The molecule has 1 aliphatic rings. The van der Waals surface area contributed by atoms with E-state index in [1.807, 2.05) is 12.1 Å². The van der Waals surface area contributed by atoms with E-state index in [0.29, 0.717) is 18.8 Å². The molecule has 0 radical (unpaired) electrons. The van der Waals surface area contributed by atoms with Crippen LogP contribution in [0.1, 0.15) is 38.3 Å². The molecule has 0 saturated carbocycles. The van der Waals surface area contributed by atoms with Crippen LogP contribution in [0.2, 0.25) is 0 Å². The van der Waals surface area contributed by atoms with Gasteiger partial charge in [0.25, 0.3) is 0 Å². The number of pyridine rings is 1. The zero-order chi connectivity index (χ0) is 13.1. The number of aromatic nitrogens is 1. The van der Waals surface area contributed by atoms with Crippen LogP contribution in [-0.4, -0.2) is 22.8 Å². The predicted octanol–water partition coefficient (Wildman–Crippen LogP) is 1.42. The molecule has 96 valence electrons. The van der Waals surface area contributed by atoms with Gasteiger partial charge in [-0.05, 0) is 24.5 Å². The first kappa shape index (κ1) is 12.5. The zero-order valence-corrected chi connectivity index (χ0v) is 10.6. The van der Waals surface area contributed by atoms with E-state index in [-0.39, 0.29) is 17.9 Å². The number of piperidine rings is 1. The zero-order valence-electron chi connectivity index (χ0n) is 10.6. The summed E-state index contributed by atoms with van der Waals surface area (Å²) in [5.41, 5.74) is 1.84. The molecule has 2 N–H and O–H groups in total. The summed E-state index contributed by atoms with van der Waals surface area (Å²) in [6.45, 7) is 4.14. The van der Waals surface area contributed by atoms with Crippen molar-refractivity contribution in [1.82, 2.24) is 10.3 Å². The Labute approximate surface area is 106 Å². The maximum atomic E-state index is 11.6. The molecular weight excluding hydrogens is 230 g/mol. The highest BCUT2D eigenvalue weighted by Crippen LogP contribution is 2.18. The van der Waals surface area contributed by atoms with Gasteiger partial charge in [-0.25, -0.2) is 0 Å². The molecular formula is C13H17N3O2. The lowest BCUT2D eigenvalue weighted by atomic mass is 10.1. The molecule has 2 amide bonds. The molecule has 0 aromatic carbocycles. The second-order valence-corrected chi connectivity index (χ2v) is 4.77. The SMILES string of the molecule is CC(C)c1cc(N[C@H]2CCC(=O)NC2=O)ccn1. The molecule has 0 unspecified atom stereocenters. The fourth-order valence-electron chi connectivity index (χ4n) is 1.89. The minimum Gasteiger partial charge on any atom is -0.374 e. The van der Waals surface area contributed by atoms with Gasteiger partial charge in [-0.15, -0.1) is 0 Å². The van der Waals surface area contributed by atoms with Gasteiger partial charge in [0.2, 0.25) is 11.8 Å². The molecule has 1 fully saturated rings. The van der Waals surface area contributed by atoms with Crippen molar-refractivity contribution in [2.45, 2.75) is 38.6 Å². The predicted molar refractivity (Wildman–Crippen MR) is 68.1 cm³/mol. The first-order valence-electron chi connectivity index (χ1n) is 6.12. The second-order valence-electron chi connectivity index (χ2n) is 4.77. The van der Waals surface area contributed by atoms with Crippen LogP contribution in [0.3, 0.4) is 0 Å². The summed E-state index contributed by atoms with van der Waals surface area (Å²) in [6, 6.07) is 3.43. The van der Waals surface area contributed by atoms with Crippen molar-refractivity contribution in [2.24, 2.45) is 0 Å². The highest BCUT2D eigenvalue weighted by atomic mass is 16.2. The first-order valence-corrected chi connectivity index (χ1v) is 6.12. The largest absolute Gasteiger partial charge is 0.374 e. The van der Waals surface area contributed by atoms with Crippen molar-refractivity contribution < 1.29 is 9.59 Å². The lowest BCUT2D eigenvalue weighted by Gasteiger charge is -2.23. The Morgan fingerprint density at radius 3 is 2.89 bits per heavy atom. The Morgan fingerprint density at radius 2 is 2.22 bits per heavy atom. The number of carbonyl (C=O) groups excluding carboxylic acids is 2. The third-order valence-corrected chi connectivity index (χ3v) is 2.95. The Bertz CT molecular complexity index is 471. The summed E-state index contributed by atoms with van der Waals surface area (Å²) in [4.78, 5) is 26.9. The highest BCUT2D eigenvalue weighted by molar-refractivity contribution is 6.01. The molecule has 0 spiro atoms. The van der Waals surface area contributed by atoms with Gasteiger partial charge in [-0.1, -0.05) is 13.8 Å². The number of nitrogens with one attached hydrogen (secondary N) is 2. The summed E-state index contributed by atoms with van der Waals surface area (Å²) < 4.78 is 0. The molecule has 0 bridgehead atoms. The van der Waals surface area contributed by atoms with E-state index in [1.165, 1.54) is 0 Å². The Kier molecular flexibility index (Phi) is 3.60. The fourth-order valence-corrected chi connectivity index (χ4v) is 1.89. The molecule has 2 heterocycles. The lowest BCUT2D eigenvalue weighted by molar-refractivity contribution is -0.133. The number of carbonyl (C=O) groups is 2. The van der Waals surface area contributed by atoms with E-state index in [1.54, 1.807) is 6.20 Å². The van der Waals surface area contributed by atoms with E-state index in [9.17, 15) is 9.59 Å². The summed E-state index contributed by atoms with van der Waals surface area (Å²) in [5.74, 6) is -0.113. The molecule has 1 aromatic heterocycles. The molecule has 5 heteroatoms. The highest BCUT2D eigenvalue weighted by Gasteiger charge is 2.26. The van der Waals surface area contributed by atoms with Crippen LogP contribution < -0.4 is 10.6 Å². The Balaban J connectivity index is 2.07. The molecule has 18 heavy (non-hydrogen) atoms. The van der Waals surface area contributed by atoms with Crippen LogP contribution in [0.4, 0.5) is 5.69 Å². The molecule has 5 nitrogen and oxygen atoms in total. The quantitative estimate of drug-likeness (QED) is 0.792. The summed E-state index contributed by atoms with van der Waals surface area (Å²) in [5, 5.41) is 5.47. The normalized spacial score (nSPS) is 19.8. The van der Waals surface area contributed by atoms with Crippen molar-refractivity contribution in [2.75, 3.05) is 5.32 Å². The van der Waals surface area contributed by atoms with E-state index in [4.69, 9.17) is 0 Å². The van der Waals surface area contributed by atoms with Crippen molar-refractivity contribution in [3.05, 3.63) is 24.0 Å². The third kappa shape index (κ3) is 2.85. The number of anilines is 1. The standard InChI is InChI=1S/C13H17N3O2/c1-8(2)11-7-9(5-6-14-11)15-10-3-4-12(17)16-13(10)18/h5-8,10H,3-4H2,1-2H3,(H,14,15)(H,16,17,18)/t10-/m0/s1. The van der Waals surface area contributed by atoms with E-state index in [2.05, 4.69) is 29.5 Å². The van der Waals surface area contributed by atoms with Crippen LogP contribution in [0.5, 0.6) is 0 Å².